The van der Waals surface area contributed by atoms with Gasteiger partial charge in [-0.2, -0.15) is 0 Å². The number of carboxylic acids is 2. The minimum atomic E-state index is -1.92. The molecule has 1 amide bonds. The van der Waals surface area contributed by atoms with Crippen molar-refractivity contribution in [3.8, 4) is 0 Å². The normalized spacial score (nSPS) is 31.6. The van der Waals surface area contributed by atoms with E-state index in [4.69, 9.17) is 5.11 Å². The number of carboxylic acid groups (broad SMARTS) is 2. The fourth-order valence-electron chi connectivity index (χ4n) is 2.45. The standard InChI is InChI=1S/C14H24N4O7/c1-7(19)16-8(9(20)21)5-4-6-15-12-17-13(2,11(23)24)10(22)14(3,25)18-12/h8,10,22,25H,4-6H2,1-3H3,(H,16,19)(H,20,21)(H,23,24)(H2,15,17,18)/t8-,10?,13?,14?/m0/s1. The highest BCUT2D eigenvalue weighted by molar-refractivity contribution is 5.91. The van der Waals surface area contributed by atoms with Gasteiger partial charge in [0.15, 0.2) is 17.2 Å². The maximum Gasteiger partial charge on any atom is 0.332 e. The summed E-state index contributed by atoms with van der Waals surface area (Å²) >= 11 is 0. The van der Waals surface area contributed by atoms with Gasteiger partial charge in [-0.25, -0.2) is 9.59 Å². The predicted octanol–water partition coefficient (Wildman–Crippen LogP) is -2.18. The van der Waals surface area contributed by atoms with Gasteiger partial charge in [-0.15, -0.1) is 0 Å². The van der Waals surface area contributed by atoms with Crippen LogP contribution in [-0.4, -0.2) is 74.2 Å². The summed E-state index contributed by atoms with van der Waals surface area (Å²) in [6.45, 7) is 3.75. The Bertz CT molecular complexity index is 578. The van der Waals surface area contributed by atoms with Gasteiger partial charge in [-0.05, 0) is 26.7 Å². The maximum absolute atomic E-state index is 11.4. The molecule has 0 saturated carbocycles. The number of aliphatic carboxylic acids is 2. The Labute approximate surface area is 144 Å². The van der Waals surface area contributed by atoms with Crippen LogP contribution >= 0.6 is 0 Å². The Morgan fingerprint density at radius 1 is 1.28 bits per heavy atom. The van der Waals surface area contributed by atoms with Crippen LogP contribution in [0.25, 0.3) is 0 Å². The largest absolute Gasteiger partial charge is 0.480 e. The average molecular weight is 360 g/mol. The van der Waals surface area contributed by atoms with Crippen LogP contribution in [0.5, 0.6) is 0 Å². The van der Waals surface area contributed by atoms with E-state index in [2.05, 4.69) is 20.9 Å². The third-order valence-corrected chi connectivity index (χ3v) is 3.87. The molecule has 11 heteroatoms. The molecule has 0 aromatic carbocycles. The molecule has 4 atom stereocenters. The zero-order valence-electron chi connectivity index (χ0n) is 14.2. The van der Waals surface area contributed by atoms with Crippen LogP contribution in [0, 0.1) is 0 Å². The highest BCUT2D eigenvalue weighted by Gasteiger charge is 2.54. The fourth-order valence-corrected chi connectivity index (χ4v) is 2.45. The molecule has 3 unspecified atom stereocenters. The van der Waals surface area contributed by atoms with E-state index in [1.807, 2.05) is 0 Å². The average Bonchev–Trinajstić information content (AvgIpc) is 2.46. The molecule has 1 heterocycles. The molecule has 1 aliphatic rings. The van der Waals surface area contributed by atoms with Crippen LogP contribution in [0.4, 0.5) is 0 Å². The van der Waals surface area contributed by atoms with E-state index < -0.39 is 41.3 Å². The van der Waals surface area contributed by atoms with Crippen LogP contribution in [0.3, 0.4) is 0 Å². The minimum Gasteiger partial charge on any atom is -0.480 e. The molecule has 0 spiro atoms. The summed E-state index contributed by atoms with van der Waals surface area (Å²) in [5, 5.41) is 45.8. The van der Waals surface area contributed by atoms with Crippen molar-refractivity contribution in [2.75, 3.05) is 6.54 Å². The van der Waals surface area contributed by atoms with Gasteiger partial charge in [0.1, 0.15) is 12.1 Å². The van der Waals surface area contributed by atoms with Crippen molar-refractivity contribution in [1.82, 2.24) is 16.0 Å². The molecule has 0 aromatic rings. The zero-order chi connectivity index (χ0) is 19.4. The van der Waals surface area contributed by atoms with E-state index in [0.29, 0.717) is 6.42 Å². The van der Waals surface area contributed by atoms with Crippen LogP contribution in [-0.2, 0) is 14.4 Å². The van der Waals surface area contributed by atoms with E-state index in [9.17, 15) is 29.7 Å². The molecule has 1 aliphatic heterocycles. The van der Waals surface area contributed by atoms with E-state index in [1.54, 1.807) is 0 Å². The lowest BCUT2D eigenvalue weighted by atomic mass is 9.86. The molecule has 0 aromatic heterocycles. The summed E-state index contributed by atoms with van der Waals surface area (Å²) in [7, 11) is 0. The molecule has 1 fully saturated rings. The summed E-state index contributed by atoms with van der Waals surface area (Å²) in [6.07, 6.45) is -1.23. The number of rotatable bonds is 7. The molecule has 1 saturated heterocycles. The van der Waals surface area contributed by atoms with Crippen LogP contribution in [0.15, 0.2) is 4.99 Å². The Hall–Kier alpha value is -2.40. The number of carbonyl (C=O) groups excluding carboxylic acids is 1. The lowest BCUT2D eigenvalue weighted by molar-refractivity contribution is -0.165. The number of aliphatic hydroxyl groups is 2. The number of hydrogen-bond acceptors (Lipinski definition) is 6. The van der Waals surface area contributed by atoms with Gasteiger partial charge in [-0.3, -0.25) is 9.79 Å². The first-order chi connectivity index (χ1) is 11.4. The van der Waals surface area contributed by atoms with E-state index >= 15 is 0 Å². The zero-order valence-corrected chi connectivity index (χ0v) is 14.2. The van der Waals surface area contributed by atoms with Gasteiger partial charge in [0.25, 0.3) is 0 Å². The van der Waals surface area contributed by atoms with Crippen molar-refractivity contribution in [1.29, 1.82) is 0 Å². The molecule has 11 nitrogen and oxygen atoms in total. The first-order valence-corrected chi connectivity index (χ1v) is 7.64. The number of guanidine groups is 1. The smallest absolute Gasteiger partial charge is 0.332 e. The number of nitrogens with zero attached hydrogens (tertiary/aromatic N) is 1. The van der Waals surface area contributed by atoms with Crippen LogP contribution < -0.4 is 16.0 Å². The van der Waals surface area contributed by atoms with Crippen molar-refractivity contribution in [2.45, 2.75) is 57.0 Å². The summed E-state index contributed by atoms with van der Waals surface area (Å²) in [4.78, 5) is 37.4. The Balaban J connectivity index is 2.72. The van der Waals surface area contributed by atoms with Gasteiger partial charge in [0.2, 0.25) is 5.91 Å². The number of aliphatic imine (C=N–C) groups is 1. The number of nitrogens with one attached hydrogen (secondary N) is 3. The Morgan fingerprint density at radius 3 is 2.36 bits per heavy atom. The third kappa shape index (κ3) is 5.03. The topological polar surface area (TPSA) is 181 Å². The van der Waals surface area contributed by atoms with Gasteiger partial charge in [-0.1, -0.05) is 0 Å². The van der Waals surface area contributed by atoms with Crippen molar-refractivity contribution in [2.24, 2.45) is 4.99 Å². The molecule has 25 heavy (non-hydrogen) atoms. The Morgan fingerprint density at radius 2 is 1.88 bits per heavy atom. The summed E-state index contributed by atoms with van der Waals surface area (Å²) in [5.74, 6) is -3.03. The predicted molar refractivity (Wildman–Crippen MR) is 85.7 cm³/mol. The lowest BCUT2D eigenvalue weighted by Crippen LogP contribution is -2.77. The van der Waals surface area contributed by atoms with Gasteiger partial charge in [0.05, 0.1) is 0 Å². The van der Waals surface area contributed by atoms with E-state index in [1.165, 1.54) is 20.8 Å². The molecule has 0 radical (unpaired) electrons. The minimum absolute atomic E-state index is 0.0356. The number of carbonyl (C=O) groups is 3. The van der Waals surface area contributed by atoms with Gasteiger partial charge in [0, 0.05) is 13.5 Å². The second-order valence-corrected chi connectivity index (χ2v) is 6.27. The molecule has 0 aliphatic carbocycles. The van der Waals surface area contributed by atoms with Gasteiger partial charge < -0.3 is 36.4 Å². The number of amides is 1. The van der Waals surface area contributed by atoms with E-state index in [0.717, 1.165) is 0 Å². The first kappa shape index (κ1) is 20.6. The van der Waals surface area contributed by atoms with Crippen molar-refractivity contribution >= 4 is 23.8 Å². The summed E-state index contributed by atoms with van der Waals surface area (Å²) < 4.78 is 0. The van der Waals surface area contributed by atoms with Crippen LogP contribution in [0.2, 0.25) is 0 Å². The van der Waals surface area contributed by atoms with Crippen molar-refractivity contribution in [3.05, 3.63) is 0 Å². The third-order valence-electron chi connectivity index (χ3n) is 3.87. The molecule has 1 rings (SSSR count). The molecular formula is C14H24N4O7. The summed E-state index contributed by atoms with van der Waals surface area (Å²) in [6, 6.07) is -1.04. The second-order valence-electron chi connectivity index (χ2n) is 6.27. The monoisotopic (exact) mass is 360 g/mol. The first-order valence-electron chi connectivity index (χ1n) is 7.64. The molecular weight excluding hydrogens is 336 g/mol. The molecule has 142 valence electrons. The van der Waals surface area contributed by atoms with Crippen molar-refractivity contribution in [3.63, 3.8) is 0 Å². The highest BCUT2D eigenvalue weighted by Crippen LogP contribution is 2.23. The van der Waals surface area contributed by atoms with Gasteiger partial charge >= 0.3 is 11.9 Å². The highest BCUT2D eigenvalue weighted by atomic mass is 16.4. The Kier molecular flexibility index (Phi) is 6.32. The fraction of sp³-hybridized carbons (Fsp3) is 0.714. The lowest BCUT2D eigenvalue weighted by Gasteiger charge is -2.46. The van der Waals surface area contributed by atoms with E-state index in [-0.39, 0.29) is 18.9 Å². The number of aliphatic hydroxyl groups excluding tert-OH is 1. The van der Waals surface area contributed by atoms with Crippen molar-refractivity contribution < 1.29 is 34.8 Å². The van der Waals surface area contributed by atoms with Crippen LogP contribution in [0.1, 0.15) is 33.6 Å². The summed E-state index contributed by atoms with van der Waals surface area (Å²) in [5.41, 5.74) is -3.77. The quantitative estimate of drug-likeness (QED) is 0.248. The molecule has 7 N–H and O–H groups in total. The SMILES string of the molecule is CC(=O)N[C@@H](CCCN=C1NC(C)(O)C(O)C(C)(C(=O)O)N1)C(=O)O. The molecule has 0 bridgehead atoms. The second kappa shape index (κ2) is 7.66. The number of hydrogen-bond donors (Lipinski definition) is 7. The maximum atomic E-state index is 11.4.